The van der Waals surface area contributed by atoms with E-state index in [1.807, 2.05) is 6.07 Å². The molecule has 2 aliphatic rings. The molecule has 3 atom stereocenters. The van der Waals surface area contributed by atoms with Crippen LogP contribution in [0, 0.1) is 11.8 Å². The Hall–Kier alpha value is -1.46. The molecule has 3 rings (SSSR count). The Morgan fingerprint density at radius 1 is 1.43 bits per heavy atom. The number of hydrogen-bond donors (Lipinski definition) is 1. The summed E-state index contributed by atoms with van der Waals surface area (Å²) in [5.74, 6) is 1.06. The van der Waals surface area contributed by atoms with E-state index in [0.717, 1.165) is 31.2 Å². The van der Waals surface area contributed by atoms with E-state index in [1.54, 1.807) is 12.3 Å². The molecule has 0 amide bonds. The van der Waals surface area contributed by atoms with E-state index >= 15 is 0 Å². The highest BCUT2D eigenvalue weighted by Gasteiger charge is 2.38. The standard InChI is InChI=1S/C16H23N3O2/c1-21-16(20)11-5-6-13(18-7-11)9-19-8-12-3-2-4-15(17)14(12)10-19/h5-7,12,14-15H,2-4,8-10,17H2,1H3. The quantitative estimate of drug-likeness (QED) is 0.853. The van der Waals surface area contributed by atoms with E-state index in [1.165, 1.54) is 26.4 Å². The van der Waals surface area contributed by atoms with Crippen LogP contribution in [0.2, 0.25) is 0 Å². The maximum absolute atomic E-state index is 11.4. The molecule has 0 spiro atoms. The van der Waals surface area contributed by atoms with Crippen molar-refractivity contribution < 1.29 is 9.53 Å². The van der Waals surface area contributed by atoms with Gasteiger partial charge in [-0.1, -0.05) is 6.42 Å². The van der Waals surface area contributed by atoms with Gasteiger partial charge in [0.1, 0.15) is 0 Å². The average Bonchev–Trinajstić information content (AvgIpc) is 2.91. The molecule has 0 radical (unpaired) electrons. The molecule has 2 fully saturated rings. The topological polar surface area (TPSA) is 68.5 Å². The first-order valence-electron chi connectivity index (χ1n) is 7.68. The molecule has 2 heterocycles. The number of carbonyl (C=O) groups is 1. The number of nitrogens with zero attached hydrogens (tertiary/aromatic N) is 2. The van der Waals surface area contributed by atoms with Crippen LogP contribution in [0.15, 0.2) is 18.3 Å². The number of hydrogen-bond acceptors (Lipinski definition) is 5. The first kappa shape index (κ1) is 14.5. The zero-order valence-electron chi connectivity index (χ0n) is 12.5. The van der Waals surface area contributed by atoms with Crippen LogP contribution in [0.4, 0.5) is 0 Å². The van der Waals surface area contributed by atoms with E-state index in [9.17, 15) is 4.79 Å². The summed E-state index contributed by atoms with van der Waals surface area (Å²) in [4.78, 5) is 18.2. The maximum atomic E-state index is 11.4. The summed E-state index contributed by atoms with van der Waals surface area (Å²) >= 11 is 0. The number of rotatable bonds is 3. The molecule has 21 heavy (non-hydrogen) atoms. The number of carbonyl (C=O) groups excluding carboxylic acids is 1. The fourth-order valence-electron chi connectivity index (χ4n) is 3.72. The second-order valence-corrected chi connectivity index (χ2v) is 6.24. The second kappa shape index (κ2) is 6.12. The average molecular weight is 289 g/mol. The number of likely N-dealkylation sites (tertiary alicyclic amines) is 1. The Morgan fingerprint density at radius 2 is 2.29 bits per heavy atom. The van der Waals surface area contributed by atoms with Crippen LogP contribution in [-0.2, 0) is 11.3 Å². The van der Waals surface area contributed by atoms with Gasteiger partial charge < -0.3 is 10.5 Å². The van der Waals surface area contributed by atoms with Gasteiger partial charge in [0.25, 0.3) is 0 Å². The number of aromatic nitrogens is 1. The molecule has 1 aromatic heterocycles. The molecule has 1 aromatic rings. The Morgan fingerprint density at radius 3 is 2.95 bits per heavy atom. The fourth-order valence-corrected chi connectivity index (χ4v) is 3.72. The number of ether oxygens (including phenoxy) is 1. The van der Waals surface area contributed by atoms with Gasteiger partial charge in [-0.25, -0.2) is 4.79 Å². The molecule has 1 aliphatic carbocycles. The highest BCUT2D eigenvalue weighted by atomic mass is 16.5. The van der Waals surface area contributed by atoms with Gasteiger partial charge in [-0.15, -0.1) is 0 Å². The third-order valence-corrected chi connectivity index (χ3v) is 4.86. The zero-order chi connectivity index (χ0) is 14.8. The lowest BCUT2D eigenvalue weighted by atomic mass is 9.78. The Labute approximate surface area is 125 Å². The highest BCUT2D eigenvalue weighted by Crippen LogP contribution is 2.35. The minimum absolute atomic E-state index is 0.341. The molecule has 5 heteroatoms. The van der Waals surface area contributed by atoms with Gasteiger partial charge >= 0.3 is 5.97 Å². The number of methoxy groups -OCH3 is 1. The van der Waals surface area contributed by atoms with Crippen molar-refractivity contribution in [3.8, 4) is 0 Å². The normalized spacial score (nSPS) is 29.1. The van der Waals surface area contributed by atoms with Gasteiger partial charge in [0, 0.05) is 31.9 Å². The molecular weight excluding hydrogens is 266 g/mol. The van der Waals surface area contributed by atoms with E-state index in [2.05, 4.69) is 14.6 Å². The maximum Gasteiger partial charge on any atom is 0.339 e. The van der Waals surface area contributed by atoms with Crippen molar-refractivity contribution in [3.05, 3.63) is 29.6 Å². The monoisotopic (exact) mass is 289 g/mol. The van der Waals surface area contributed by atoms with Gasteiger partial charge in [0.15, 0.2) is 0 Å². The van der Waals surface area contributed by atoms with Gasteiger partial charge in [-0.05, 0) is 36.8 Å². The molecule has 0 bridgehead atoms. The number of nitrogens with two attached hydrogens (primary N) is 1. The van der Waals surface area contributed by atoms with E-state index in [0.29, 0.717) is 17.5 Å². The Bertz CT molecular complexity index is 503. The number of fused-ring (bicyclic) bond motifs is 1. The first-order valence-corrected chi connectivity index (χ1v) is 7.68. The van der Waals surface area contributed by atoms with Crippen molar-refractivity contribution in [2.24, 2.45) is 17.6 Å². The van der Waals surface area contributed by atoms with Gasteiger partial charge in [-0.2, -0.15) is 0 Å². The van der Waals surface area contributed by atoms with Crippen LogP contribution in [0.3, 0.4) is 0 Å². The SMILES string of the molecule is COC(=O)c1ccc(CN2CC3CCCC(N)C3C2)nc1. The summed E-state index contributed by atoms with van der Waals surface area (Å²) in [5.41, 5.74) is 7.74. The lowest BCUT2D eigenvalue weighted by Crippen LogP contribution is -2.38. The number of pyridine rings is 1. The van der Waals surface area contributed by atoms with Crippen molar-refractivity contribution in [1.82, 2.24) is 9.88 Å². The molecule has 1 aliphatic heterocycles. The molecule has 1 saturated heterocycles. The predicted molar refractivity (Wildman–Crippen MR) is 79.7 cm³/mol. The Kier molecular flexibility index (Phi) is 4.22. The fraction of sp³-hybridized carbons (Fsp3) is 0.625. The van der Waals surface area contributed by atoms with E-state index < -0.39 is 0 Å². The third-order valence-electron chi connectivity index (χ3n) is 4.86. The van der Waals surface area contributed by atoms with Crippen molar-refractivity contribution in [2.75, 3.05) is 20.2 Å². The van der Waals surface area contributed by atoms with Crippen molar-refractivity contribution >= 4 is 5.97 Å². The molecule has 2 N–H and O–H groups in total. The lowest BCUT2D eigenvalue weighted by molar-refractivity contribution is 0.0600. The van der Waals surface area contributed by atoms with E-state index in [-0.39, 0.29) is 5.97 Å². The van der Waals surface area contributed by atoms with Crippen LogP contribution < -0.4 is 5.73 Å². The predicted octanol–water partition coefficient (Wildman–Crippen LogP) is 1.43. The lowest BCUT2D eigenvalue weighted by Gasteiger charge is -2.29. The largest absolute Gasteiger partial charge is 0.465 e. The Balaban J connectivity index is 1.61. The first-order chi connectivity index (χ1) is 10.2. The van der Waals surface area contributed by atoms with Crippen LogP contribution in [0.25, 0.3) is 0 Å². The molecule has 1 saturated carbocycles. The smallest absolute Gasteiger partial charge is 0.339 e. The summed E-state index contributed by atoms with van der Waals surface area (Å²) in [6.45, 7) is 3.03. The van der Waals surface area contributed by atoms with Crippen LogP contribution in [0.5, 0.6) is 0 Å². The zero-order valence-corrected chi connectivity index (χ0v) is 12.5. The van der Waals surface area contributed by atoms with Gasteiger partial charge in [0.2, 0.25) is 0 Å². The minimum Gasteiger partial charge on any atom is -0.465 e. The summed E-state index contributed by atoms with van der Waals surface area (Å²) in [7, 11) is 1.38. The molecule has 3 unspecified atom stereocenters. The summed E-state index contributed by atoms with van der Waals surface area (Å²) in [5, 5.41) is 0. The van der Waals surface area contributed by atoms with Crippen LogP contribution in [-0.4, -0.2) is 42.1 Å². The van der Waals surface area contributed by atoms with Crippen LogP contribution >= 0.6 is 0 Å². The summed E-state index contributed by atoms with van der Waals surface area (Å²) < 4.78 is 4.68. The number of esters is 1. The van der Waals surface area contributed by atoms with Crippen LogP contribution in [0.1, 0.15) is 35.3 Å². The van der Waals surface area contributed by atoms with E-state index in [4.69, 9.17) is 5.73 Å². The molecule has 5 nitrogen and oxygen atoms in total. The van der Waals surface area contributed by atoms with Crippen molar-refractivity contribution in [3.63, 3.8) is 0 Å². The summed E-state index contributed by atoms with van der Waals surface area (Å²) in [6, 6.07) is 4.06. The van der Waals surface area contributed by atoms with Gasteiger partial charge in [-0.3, -0.25) is 9.88 Å². The highest BCUT2D eigenvalue weighted by molar-refractivity contribution is 5.88. The minimum atomic E-state index is -0.341. The molecule has 114 valence electrons. The van der Waals surface area contributed by atoms with Crippen molar-refractivity contribution in [2.45, 2.75) is 31.8 Å². The second-order valence-electron chi connectivity index (χ2n) is 6.24. The molecular formula is C16H23N3O2. The molecule has 0 aromatic carbocycles. The van der Waals surface area contributed by atoms with Crippen molar-refractivity contribution in [1.29, 1.82) is 0 Å². The third kappa shape index (κ3) is 3.09. The van der Waals surface area contributed by atoms with Gasteiger partial charge in [0.05, 0.1) is 18.4 Å². The summed E-state index contributed by atoms with van der Waals surface area (Å²) in [6.07, 6.45) is 5.34.